The Kier molecular flexibility index (Phi) is 7.79. The Bertz CT molecular complexity index is 963. The van der Waals surface area contributed by atoms with Gasteiger partial charge in [-0.1, -0.05) is 105 Å². The average Bonchev–Trinajstić information content (AvgIpc) is 2.82. The maximum absolute atomic E-state index is 13.0. The largest absolute Gasteiger partial charge is 0.480 e. The summed E-state index contributed by atoms with van der Waals surface area (Å²) in [5, 5.41) is 12.3. The predicted octanol–water partition coefficient (Wildman–Crippen LogP) is 4.75. The van der Waals surface area contributed by atoms with Gasteiger partial charge in [0.1, 0.15) is 0 Å². The Morgan fingerprint density at radius 1 is 0.968 bits per heavy atom. The van der Waals surface area contributed by atoms with Crippen molar-refractivity contribution >= 4 is 16.5 Å². The molecule has 0 bridgehead atoms. The van der Waals surface area contributed by atoms with Crippen molar-refractivity contribution in [3.8, 4) is 11.1 Å². The van der Waals surface area contributed by atoms with Gasteiger partial charge >= 0.3 is 5.97 Å². The summed E-state index contributed by atoms with van der Waals surface area (Å²) in [7, 11) is 2.15. The van der Waals surface area contributed by atoms with E-state index >= 15 is 0 Å². The zero-order chi connectivity index (χ0) is 22.3. The number of hydrogen-bond acceptors (Lipinski definition) is 3. The summed E-state index contributed by atoms with van der Waals surface area (Å²) in [6, 6.07) is 28.0. The van der Waals surface area contributed by atoms with E-state index in [0.717, 1.165) is 41.5 Å². The summed E-state index contributed by atoms with van der Waals surface area (Å²) >= 11 is 0. The van der Waals surface area contributed by atoms with Crippen LogP contribution < -0.4 is 0 Å². The monoisotopic (exact) mass is 433 g/mol. The molecule has 0 saturated carbocycles. The molecule has 3 rings (SSSR count). The van der Waals surface area contributed by atoms with Gasteiger partial charge in [-0.15, -0.1) is 0 Å². The molecule has 0 aliphatic rings. The Hall–Kier alpha value is -2.73. The normalized spacial score (nSPS) is 14.3. The molecule has 4 nitrogen and oxygen atoms in total. The van der Waals surface area contributed by atoms with E-state index in [1.165, 1.54) is 0 Å². The molecule has 0 aliphatic carbocycles. The lowest BCUT2D eigenvalue weighted by atomic mass is 9.71. The van der Waals surface area contributed by atoms with Crippen molar-refractivity contribution in [1.82, 2.24) is 5.06 Å². The molecule has 1 unspecified atom stereocenters. The Morgan fingerprint density at radius 2 is 1.52 bits per heavy atom. The molecule has 162 valence electrons. The Labute approximate surface area is 188 Å². The molecule has 2 atom stereocenters. The molecule has 0 aliphatic heterocycles. The standard InChI is InChI=1S/C26H31NO3Si/c1-3-4-15-24(22-13-9-6-10-14-22)26(25(28)29,27(2)30-31)23-18-16-21(17-19-23)20-11-7-5-8-12-20/h5-14,16-19,24H,3-4,15H2,1-2,31H3,(H,28,29)/t24?,26-/m0/s1. The summed E-state index contributed by atoms with van der Waals surface area (Å²) in [5.74, 6) is -1.16. The van der Waals surface area contributed by atoms with E-state index in [2.05, 4.69) is 19.1 Å². The highest BCUT2D eigenvalue weighted by Gasteiger charge is 2.51. The molecule has 1 N–H and O–H groups in total. The van der Waals surface area contributed by atoms with Gasteiger partial charge < -0.3 is 9.63 Å². The number of rotatable bonds is 10. The number of likely N-dealkylation sites (N-methyl/N-ethyl adjacent to an activating group) is 1. The number of aliphatic carboxylic acids is 1. The van der Waals surface area contributed by atoms with Crippen LogP contribution in [-0.2, 0) is 14.9 Å². The maximum Gasteiger partial charge on any atom is 0.331 e. The van der Waals surface area contributed by atoms with E-state index in [1.807, 2.05) is 72.8 Å². The van der Waals surface area contributed by atoms with Crippen LogP contribution in [-0.4, -0.2) is 33.7 Å². The third kappa shape index (κ3) is 4.64. The summed E-state index contributed by atoms with van der Waals surface area (Å²) < 4.78 is 5.72. The SMILES string of the molecule is CCCCC(c1ccccc1)[C@](C(=O)O)(c1ccc(-c2ccccc2)cc1)N(C)O[SiH3]. The van der Waals surface area contributed by atoms with Gasteiger partial charge in [-0.2, -0.15) is 5.06 Å². The minimum absolute atomic E-state index is 0.257. The van der Waals surface area contributed by atoms with Gasteiger partial charge in [-0.25, -0.2) is 4.79 Å². The lowest BCUT2D eigenvalue weighted by molar-refractivity contribution is -0.183. The van der Waals surface area contributed by atoms with Crippen molar-refractivity contribution in [3.05, 3.63) is 96.1 Å². The molecule has 0 amide bonds. The molecular weight excluding hydrogens is 402 g/mol. The van der Waals surface area contributed by atoms with Gasteiger partial charge in [0.05, 0.1) is 0 Å². The Balaban J connectivity index is 2.17. The molecule has 0 fully saturated rings. The highest BCUT2D eigenvalue weighted by atomic mass is 28.2. The third-order valence-corrected chi connectivity index (χ3v) is 6.63. The molecule has 3 aromatic carbocycles. The van der Waals surface area contributed by atoms with Gasteiger partial charge in [0.2, 0.25) is 0 Å². The van der Waals surface area contributed by atoms with Gasteiger partial charge in [0.15, 0.2) is 16.0 Å². The summed E-state index contributed by atoms with van der Waals surface area (Å²) in [6.07, 6.45) is 2.69. The molecule has 0 heterocycles. The van der Waals surface area contributed by atoms with Gasteiger partial charge in [0.25, 0.3) is 0 Å². The first-order valence-electron chi connectivity index (χ1n) is 10.8. The number of nitrogens with zero attached hydrogens (tertiary/aromatic N) is 1. The first kappa shape index (κ1) is 22.9. The Morgan fingerprint density at radius 3 is 2.03 bits per heavy atom. The molecule has 31 heavy (non-hydrogen) atoms. The van der Waals surface area contributed by atoms with Crippen molar-refractivity contribution in [1.29, 1.82) is 0 Å². The van der Waals surface area contributed by atoms with Crippen molar-refractivity contribution in [2.45, 2.75) is 37.6 Å². The van der Waals surface area contributed by atoms with E-state index in [0.29, 0.717) is 10.5 Å². The fourth-order valence-electron chi connectivity index (χ4n) is 4.41. The maximum atomic E-state index is 13.0. The van der Waals surface area contributed by atoms with Crippen LogP contribution in [0.1, 0.15) is 43.2 Å². The first-order valence-corrected chi connectivity index (χ1v) is 11.6. The fraction of sp³-hybridized carbons (Fsp3) is 0.269. The van der Waals surface area contributed by atoms with Crippen molar-refractivity contribution in [2.75, 3.05) is 7.05 Å². The molecule has 0 saturated heterocycles. The number of unbranched alkanes of at least 4 members (excludes halogenated alkanes) is 1. The van der Waals surface area contributed by atoms with Crippen LogP contribution in [0.15, 0.2) is 84.9 Å². The number of benzene rings is 3. The van der Waals surface area contributed by atoms with Crippen LogP contribution in [0.2, 0.25) is 0 Å². The molecular formula is C26H31NO3Si. The van der Waals surface area contributed by atoms with Crippen LogP contribution >= 0.6 is 0 Å². The van der Waals surface area contributed by atoms with E-state index in [9.17, 15) is 9.90 Å². The van der Waals surface area contributed by atoms with E-state index < -0.39 is 11.5 Å². The van der Waals surface area contributed by atoms with E-state index in [-0.39, 0.29) is 5.92 Å². The van der Waals surface area contributed by atoms with Crippen LogP contribution in [0, 0.1) is 0 Å². The zero-order valence-electron chi connectivity index (χ0n) is 18.5. The van der Waals surface area contributed by atoms with Crippen molar-refractivity contribution in [3.63, 3.8) is 0 Å². The van der Waals surface area contributed by atoms with Crippen LogP contribution in [0.4, 0.5) is 0 Å². The van der Waals surface area contributed by atoms with Crippen LogP contribution in [0.25, 0.3) is 11.1 Å². The van der Waals surface area contributed by atoms with Crippen LogP contribution in [0.3, 0.4) is 0 Å². The minimum atomic E-state index is -1.33. The van der Waals surface area contributed by atoms with E-state index in [1.54, 1.807) is 12.1 Å². The second-order valence-electron chi connectivity index (χ2n) is 7.80. The first-order chi connectivity index (χ1) is 15.1. The number of carbonyl (C=O) groups is 1. The van der Waals surface area contributed by atoms with Gasteiger partial charge in [-0.3, -0.25) is 0 Å². The number of hydroxylamine groups is 2. The second kappa shape index (κ2) is 10.5. The van der Waals surface area contributed by atoms with Gasteiger partial charge in [0, 0.05) is 13.0 Å². The summed E-state index contributed by atoms with van der Waals surface area (Å²) in [6.45, 7) is 2.13. The van der Waals surface area contributed by atoms with Crippen molar-refractivity contribution < 1.29 is 14.4 Å². The third-order valence-electron chi connectivity index (χ3n) is 6.08. The van der Waals surface area contributed by atoms with Gasteiger partial charge in [-0.05, 0) is 28.7 Å². The van der Waals surface area contributed by atoms with Crippen LogP contribution in [0.5, 0.6) is 0 Å². The summed E-state index contributed by atoms with van der Waals surface area (Å²) in [5.41, 5.74) is 2.57. The number of carboxylic acids is 1. The highest BCUT2D eigenvalue weighted by molar-refractivity contribution is 5.98. The molecule has 5 heteroatoms. The fourth-order valence-corrected chi connectivity index (χ4v) is 4.70. The lowest BCUT2D eigenvalue weighted by Crippen LogP contribution is -2.54. The lowest BCUT2D eigenvalue weighted by Gasteiger charge is -2.43. The summed E-state index contributed by atoms with van der Waals surface area (Å²) in [4.78, 5) is 13.0. The van der Waals surface area contributed by atoms with Crippen molar-refractivity contribution in [2.24, 2.45) is 0 Å². The number of carboxylic acid groups (broad SMARTS) is 1. The average molecular weight is 434 g/mol. The second-order valence-corrected chi connectivity index (χ2v) is 8.17. The molecule has 0 spiro atoms. The molecule has 3 aromatic rings. The highest BCUT2D eigenvalue weighted by Crippen LogP contribution is 2.45. The molecule has 0 radical (unpaired) electrons. The smallest absolute Gasteiger partial charge is 0.331 e. The topological polar surface area (TPSA) is 49.8 Å². The quantitative estimate of drug-likeness (QED) is 0.370. The minimum Gasteiger partial charge on any atom is -0.480 e. The molecule has 0 aromatic heterocycles. The zero-order valence-corrected chi connectivity index (χ0v) is 20.5. The van der Waals surface area contributed by atoms with E-state index in [4.69, 9.17) is 4.53 Å². The predicted molar refractivity (Wildman–Crippen MR) is 129 cm³/mol. The number of hydrogen-bond donors (Lipinski definition) is 1.